The van der Waals surface area contributed by atoms with E-state index in [-0.39, 0.29) is 0 Å². The molecule has 0 N–H and O–H groups in total. The summed E-state index contributed by atoms with van der Waals surface area (Å²) in [5.41, 5.74) is 1.49. The molecule has 1 aromatic rings. The maximum atomic E-state index is 4.07. The number of aromatic nitrogens is 1. The van der Waals surface area contributed by atoms with Crippen molar-refractivity contribution in [3.05, 3.63) is 30.1 Å². The normalized spacial score (nSPS) is 28.7. The Balaban J connectivity index is 2.15. The molecule has 0 amide bonds. The van der Waals surface area contributed by atoms with Gasteiger partial charge >= 0.3 is 0 Å². The van der Waals surface area contributed by atoms with Crippen LogP contribution in [0.2, 0.25) is 0 Å². The molecule has 1 fully saturated rings. The molecule has 1 aliphatic rings. The molecular weight excluding hydrogens is 158 g/mol. The molecule has 0 aliphatic heterocycles. The Morgan fingerprint density at radius 1 is 1.15 bits per heavy atom. The van der Waals surface area contributed by atoms with Crippen LogP contribution in [0.4, 0.5) is 0 Å². The zero-order chi connectivity index (χ0) is 9.10. The lowest BCUT2D eigenvalue weighted by atomic mass is 9.77. The van der Waals surface area contributed by atoms with E-state index in [0.29, 0.717) is 0 Å². The van der Waals surface area contributed by atoms with Crippen LogP contribution in [0.3, 0.4) is 0 Å². The van der Waals surface area contributed by atoms with E-state index < -0.39 is 0 Å². The number of hydrogen-bond acceptors (Lipinski definition) is 1. The quantitative estimate of drug-likeness (QED) is 0.637. The van der Waals surface area contributed by atoms with Crippen LogP contribution in [0.15, 0.2) is 24.5 Å². The van der Waals surface area contributed by atoms with Crippen LogP contribution < -0.4 is 0 Å². The van der Waals surface area contributed by atoms with Crippen LogP contribution in [0.5, 0.6) is 0 Å². The average Bonchev–Trinajstić information content (AvgIpc) is 2.20. The summed E-state index contributed by atoms with van der Waals surface area (Å²) in [4.78, 5) is 4.07. The molecule has 0 bridgehead atoms. The summed E-state index contributed by atoms with van der Waals surface area (Å²) in [6.07, 6.45) is 9.41. The van der Waals surface area contributed by atoms with Crippen LogP contribution in [0, 0.1) is 5.92 Å². The van der Waals surface area contributed by atoms with E-state index in [0.717, 1.165) is 11.8 Å². The highest BCUT2D eigenvalue weighted by Gasteiger charge is 2.22. The van der Waals surface area contributed by atoms with Gasteiger partial charge in [-0.3, -0.25) is 4.98 Å². The molecule has 2 unspecified atom stereocenters. The van der Waals surface area contributed by atoms with Crippen molar-refractivity contribution in [3.63, 3.8) is 0 Å². The Kier molecular flexibility index (Phi) is 2.62. The number of hydrogen-bond donors (Lipinski definition) is 0. The van der Waals surface area contributed by atoms with Crippen molar-refractivity contribution in [1.82, 2.24) is 4.98 Å². The van der Waals surface area contributed by atoms with Crippen molar-refractivity contribution in [2.75, 3.05) is 0 Å². The zero-order valence-electron chi connectivity index (χ0n) is 8.24. The van der Waals surface area contributed by atoms with Crippen LogP contribution in [-0.2, 0) is 0 Å². The van der Waals surface area contributed by atoms with Crippen LogP contribution in [0.1, 0.15) is 44.1 Å². The lowest BCUT2D eigenvalue weighted by Gasteiger charge is -2.28. The van der Waals surface area contributed by atoms with Gasteiger partial charge in [0.15, 0.2) is 0 Å². The Bertz CT molecular complexity index is 255. The molecule has 13 heavy (non-hydrogen) atoms. The molecule has 0 radical (unpaired) electrons. The predicted molar refractivity (Wildman–Crippen MR) is 54.6 cm³/mol. The molecule has 2 atom stereocenters. The van der Waals surface area contributed by atoms with Crippen molar-refractivity contribution in [1.29, 1.82) is 0 Å². The summed E-state index contributed by atoms with van der Waals surface area (Å²) in [5.74, 6) is 1.65. The molecule has 0 aromatic carbocycles. The maximum Gasteiger partial charge on any atom is 0.0270 e. The van der Waals surface area contributed by atoms with Crippen LogP contribution in [0.25, 0.3) is 0 Å². The van der Waals surface area contributed by atoms with Gasteiger partial charge in [-0.1, -0.05) is 26.2 Å². The Labute approximate surface area is 80.2 Å². The van der Waals surface area contributed by atoms with Gasteiger partial charge in [0.25, 0.3) is 0 Å². The highest BCUT2D eigenvalue weighted by molar-refractivity contribution is 5.17. The van der Waals surface area contributed by atoms with E-state index in [1.54, 1.807) is 0 Å². The predicted octanol–water partition coefficient (Wildman–Crippen LogP) is 3.38. The Morgan fingerprint density at radius 3 is 2.54 bits per heavy atom. The first kappa shape index (κ1) is 8.74. The second-order valence-electron chi connectivity index (χ2n) is 4.15. The van der Waals surface area contributed by atoms with Crippen molar-refractivity contribution in [2.24, 2.45) is 5.92 Å². The third kappa shape index (κ3) is 1.90. The van der Waals surface area contributed by atoms with Crippen molar-refractivity contribution in [2.45, 2.75) is 38.5 Å². The van der Waals surface area contributed by atoms with Crippen LogP contribution >= 0.6 is 0 Å². The fourth-order valence-electron chi connectivity index (χ4n) is 2.42. The highest BCUT2D eigenvalue weighted by atomic mass is 14.6. The minimum absolute atomic E-state index is 0.789. The second kappa shape index (κ2) is 3.91. The Morgan fingerprint density at radius 2 is 1.85 bits per heavy atom. The number of nitrogens with zero attached hydrogens (tertiary/aromatic N) is 1. The number of pyridine rings is 1. The minimum Gasteiger partial charge on any atom is -0.265 e. The third-order valence-corrected chi connectivity index (χ3v) is 3.25. The summed E-state index contributed by atoms with van der Waals surface area (Å²) < 4.78 is 0. The van der Waals surface area contributed by atoms with Gasteiger partial charge in [-0.05, 0) is 36.0 Å². The highest BCUT2D eigenvalue weighted by Crippen LogP contribution is 2.36. The molecule has 2 rings (SSSR count). The van der Waals surface area contributed by atoms with Crippen LogP contribution in [-0.4, -0.2) is 4.98 Å². The molecular formula is C12H17N. The van der Waals surface area contributed by atoms with E-state index in [9.17, 15) is 0 Å². The van der Waals surface area contributed by atoms with Crippen molar-refractivity contribution >= 4 is 0 Å². The Hall–Kier alpha value is -0.850. The summed E-state index contributed by atoms with van der Waals surface area (Å²) in [5, 5.41) is 0. The standard InChI is InChI=1S/C12H17N/c1-10-4-2-3-5-12(10)11-6-8-13-9-7-11/h6-10,12H,2-5H2,1H3. The van der Waals surface area contributed by atoms with Gasteiger partial charge in [-0.25, -0.2) is 0 Å². The topological polar surface area (TPSA) is 12.9 Å². The third-order valence-electron chi connectivity index (χ3n) is 3.25. The monoisotopic (exact) mass is 175 g/mol. The fourth-order valence-corrected chi connectivity index (χ4v) is 2.42. The van der Waals surface area contributed by atoms with E-state index in [4.69, 9.17) is 0 Å². The summed E-state index contributed by atoms with van der Waals surface area (Å²) in [6.45, 7) is 2.38. The van der Waals surface area contributed by atoms with Gasteiger partial charge in [-0.2, -0.15) is 0 Å². The lowest BCUT2D eigenvalue weighted by molar-refractivity contribution is 0.330. The minimum atomic E-state index is 0.789. The molecule has 1 heteroatoms. The number of rotatable bonds is 1. The summed E-state index contributed by atoms with van der Waals surface area (Å²) in [6, 6.07) is 4.35. The van der Waals surface area contributed by atoms with E-state index in [1.165, 1.54) is 31.2 Å². The lowest BCUT2D eigenvalue weighted by Crippen LogP contribution is -2.14. The van der Waals surface area contributed by atoms with Gasteiger partial charge in [0.1, 0.15) is 0 Å². The molecule has 1 saturated carbocycles. The maximum absolute atomic E-state index is 4.07. The van der Waals surface area contributed by atoms with E-state index in [1.807, 2.05) is 12.4 Å². The first-order valence-corrected chi connectivity index (χ1v) is 5.28. The van der Waals surface area contributed by atoms with Gasteiger partial charge in [0.05, 0.1) is 0 Å². The van der Waals surface area contributed by atoms with Crippen molar-refractivity contribution in [3.8, 4) is 0 Å². The van der Waals surface area contributed by atoms with Gasteiger partial charge in [0, 0.05) is 12.4 Å². The largest absolute Gasteiger partial charge is 0.265 e. The van der Waals surface area contributed by atoms with E-state index in [2.05, 4.69) is 24.0 Å². The van der Waals surface area contributed by atoms with E-state index >= 15 is 0 Å². The molecule has 70 valence electrons. The van der Waals surface area contributed by atoms with Crippen molar-refractivity contribution < 1.29 is 0 Å². The molecule has 1 heterocycles. The molecule has 1 nitrogen and oxygen atoms in total. The van der Waals surface area contributed by atoms with Gasteiger partial charge in [-0.15, -0.1) is 0 Å². The second-order valence-corrected chi connectivity index (χ2v) is 4.15. The van der Waals surface area contributed by atoms with Gasteiger partial charge in [0.2, 0.25) is 0 Å². The average molecular weight is 175 g/mol. The molecule has 0 spiro atoms. The first-order chi connectivity index (χ1) is 6.38. The summed E-state index contributed by atoms with van der Waals surface area (Å²) in [7, 11) is 0. The smallest absolute Gasteiger partial charge is 0.0270 e. The molecule has 1 aromatic heterocycles. The SMILES string of the molecule is CC1CCCCC1c1ccncc1. The zero-order valence-corrected chi connectivity index (χ0v) is 8.24. The molecule has 0 saturated heterocycles. The first-order valence-electron chi connectivity index (χ1n) is 5.28. The van der Waals surface area contributed by atoms with Gasteiger partial charge < -0.3 is 0 Å². The fraction of sp³-hybridized carbons (Fsp3) is 0.583. The molecule has 1 aliphatic carbocycles. The summed E-state index contributed by atoms with van der Waals surface area (Å²) >= 11 is 0.